The highest BCUT2D eigenvalue weighted by atomic mass is 19.1. The van der Waals surface area contributed by atoms with Crippen molar-refractivity contribution in [3.05, 3.63) is 53.1 Å². The standard InChI is InChI=1S/C21H29FN4O/c1-21(2,3)19-14-18(24(4)23-19)20(27)26-11-5-10-25(12-13-26)15-16-6-8-17(22)9-7-16/h6-9,14H,5,10-13,15H2,1-4H3. The van der Waals surface area contributed by atoms with Crippen LogP contribution in [0.15, 0.2) is 30.3 Å². The maximum absolute atomic E-state index is 13.1. The molecule has 1 saturated heterocycles. The van der Waals surface area contributed by atoms with E-state index in [9.17, 15) is 9.18 Å². The van der Waals surface area contributed by atoms with Crippen LogP contribution < -0.4 is 0 Å². The van der Waals surface area contributed by atoms with Gasteiger partial charge in [-0.15, -0.1) is 0 Å². The van der Waals surface area contributed by atoms with E-state index in [0.29, 0.717) is 12.2 Å². The predicted molar refractivity (Wildman–Crippen MR) is 104 cm³/mol. The van der Waals surface area contributed by atoms with Crippen molar-refractivity contribution >= 4 is 5.91 Å². The van der Waals surface area contributed by atoms with Crippen molar-refractivity contribution in [2.75, 3.05) is 26.2 Å². The SMILES string of the molecule is Cn1nc(C(C)(C)C)cc1C(=O)N1CCCN(Cc2ccc(F)cc2)CC1. The smallest absolute Gasteiger partial charge is 0.272 e. The molecule has 0 unspecified atom stereocenters. The number of hydrogen-bond donors (Lipinski definition) is 0. The molecule has 0 radical (unpaired) electrons. The molecule has 1 aromatic heterocycles. The minimum absolute atomic E-state index is 0.0455. The van der Waals surface area contributed by atoms with Crippen LogP contribution in [-0.2, 0) is 19.0 Å². The summed E-state index contributed by atoms with van der Waals surface area (Å²) in [5, 5.41) is 4.53. The Morgan fingerprint density at radius 3 is 2.44 bits per heavy atom. The Kier molecular flexibility index (Phi) is 5.65. The topological polar surface area (TPSA) is 41.4 Å². The first-order valence-electron chi connectivity index (χ1n) is 9.54. The van der Waals surface area contributed by atoms with Crippen molar-refractivity contribution in [3.8, 4) is 0 Å². The summed E-state index contributed by atoms with van der Waals surface area (Å²) in [5.74, 6) is -0.165. The van der Waals surface area contributed by atoms with E-state index in [1.165, 1.54) is 12.1 Å². The molecule has 2 aromatic rings. The lowest BCUT2D eigenvalue weighted by Crippen LogP contribution is -2.36. The van der Waals surface area contributed by atoms with Crippen molar-refractivity contribution in [2.24, 2.45) is 7.05 Å². The molecule has 6 heteroatoms. The molecule has 1 fully saturated rings. The molecule has 3 rings (SSSR count). The number of hydrogen-bond acceptors (Lipinski definition) is 3. The van der Waals surface area contributed by atoms with Gasteiger partial charge >= 0.3 is 0 Å². The number of aryl methyl sites for hydroxylation is 1. The van der Waals surface area contributed by atoms with Crippen LogP contribution in [0.3, 0.4) is 0 Å². The van der Waals surface area contributed by atoms with Crippen molar-refractivity contribution in [3.63, 3.8) is 0 Å². The fourth-order valence-corrected chi connectivity index (χ4v) is 3.38. The number of nitrogens with zero attached hydrogens (tertiary/aromatic N) is 4. The molecule has 0 spiro atoms. The molecule has 1 aliphatic rings. The Bertz CT molecular complexity index is 792. The van der Waals surface area contributed by atoms with Gasteiger partial charge in [0.1, 0.15) is 11.5 Å². The van der Waals surface area contributed by atoms with Gasteiger partial charge in [0, 0.05) is 45.2 Å². The number of amides is 1. The number of aromatic nitrogens is 2. The summed E-state index contributed by atoms with van der Waals surface area (Å²) in [6, 6.07) is 8.57. The molecule has 0 atom stereocenters. The first-order valence-corrected chi connectivity index (χ1v) is 9.54. The van der Waals surface area contributed by atoms with Crippen LogP contribution in [0.25, 0.3) is 0 Å². The van der Waals surface area contributed by atoms with Crippen molar-refractivity contribution < 1.29 is 9.18 Å². The van der Waals surface area contributed by atoms with Gasteiger partial charge in [-0.25, -0.2) is 4.39 Å². The van der Waals surface area contributed by atoms with Crippen LogP contribution in [0.1, 0.15) is 48.9 Å². The quantitative estimate of drug-likeness (QED) is 0.831. The van der Waals surface area contributed by atoms with Crippen LogP contribution in [0.5, 0.6) is 0 Å². The number of rotatable bonds is 3. The Hall–Kier alpha value is -2.21. The first-order chi connectivity index (χ1) is 12.7. The van der Waals surface area contributed by atoms with E-state index in [4.69, 9.17) is 0 Å². The van der Waals surface area contributed by atoms with Crippen LogP contribution in [0.4, 0.5) is 4.39 Å². The third-order valence-electron chi connectivity index (χ3n) is 5.06. The minimum Gasteiger partial charge on any atom is -0.336 e. The van der Waals surface area contributed by atoms with Gasteiger partial charge < -0.3 is 4.90 Å². The zero-order chi connectivity index (χ0) is 19.6. The van der Waals surface area contributed by atoms with Crippen molar-refractivity contribution in [1.82, 2.24) is 19.6 Å². The zero-order valence-electron chi connectivity index (χ0n) is 16.7. The summed E-state index contributed by atoms with van der Waals surface area (Å²) in [5.41, 5.74) is 2.59. The van der Waals surface area contributed by atoms with Crippen LogP contribution in [0.2, 0.25) is 0 Å². The highest BCUT2D eigenvalue weighted by Crippen LogP contribution is 2.22. The second-order valence-electron chi connectivity index (χ2n) is 8.34. The number of halogens is 1. The summed E-state index contributed by atoms with van der Waals surface area (Å²) in [6.45, 7) is 10.3. The molecular weight excluding hydrogens is 343 g/mol. The number of carbonyl (C=O) groups excluding carboxylic acids is 1. The van der Waals surface area contributed by atoms with Crippen LogP contribution in [-0.4, -0.2) is 51.7 Å². The normalized spacial score (nSPS) is 16.4. The van der Waals surface area contributed by atoms with Gasteiger partial charge in [0.05, 0.1) is 5.69 Å². The summed E-state index contributed by atoms with van der Waals surface area (Å²) in [4.78, 5) is 17.3. The largest absolute Gasteiger partial charge is 0.336 e. The van der Waals surface area contributed by atoms with Gasteiger partial charge in [-0.2, -0.15) is 5.10 Å². The van der Waals surface area contributed by atoms with E-state index in [1.54, 1.807) is 4.68 Å². The van der Waals surface area contributed by atoms with Crippen LogP contribution >= 0.6 is 0 Å². The van der Waals surface area contributed by atoms with E-state index in [2.05, 4.69) is 30.8 Å². The first kappa shape index (κ1) is 19.5. The summed E-state index contributed by atoms with van der Waals surface area (Å²) in [6.07, 6.45) is 0.927. The van der Waals surface area contributed by atoms with Crippen molar-refractivity contribution in [2.45, 2.75) is 39.2 Å². The lowest BCUT2D eigenvalue weighted by Gasteiger charge is -2.22. The molecule has 1 aromatic carbocycles. The fraction of sp³-hybridized carbons (Fsp3) is 0.524. The Labute approximate surface area is 160 Å². The summed E-state index contributed by atoms with van der Waals surface area (Å²) < 4.78 is 14.8. The summed E-state index contributed by atoms with van der Waals surface area (Å²) in [7, 11) is 1.83. The molecule has 0 N–H and O–H groups in total. The Morgan fingerprint density at radius 2 is 1.81 bits per heavy atom. The molecule has 0 bridgehead atoms. The van der Waals surface area contributed by atoms with E-state index in [1.807, 2.05) is 30.1 Å². The summed E-state index contributed by atoms with van der Waals surface area (Å²) >= 11 is 0. The Balaban J connectivity index is 1.64. The molecule has 5 nitrogen and oxygen atoms in total. The average Bonchev–Trinajstić information content (AvgIpc) is 2.86. The second kappa shape index (κ2) is 7.80. The molecule has 0 saturated carbocycles. The monoisotopic (exact) mass is 372 g/mol. The van der Waals surface area contributed by atoms with Crippen LogP contribution in [0, 0.1) is 5.82 Å². The zero-order valence-corrected chi connectivity index (χ0v) is 16.7. The van der Waals surface area contributed by atoms with Gasteiger partial charge in [-0.3, -0.25) is 14.4 Å². The van der Waals surface area contributed by atoms with E-state index in [0.717, 1.165) is 43.9 Å². The fourth-order valence-electron chi connectivity index (χ4n) is 3.38. The average molecular weight is 372 g/mol. The number of benzene rings is 1. The second-order valence-corrected chi connectivity index (χ2v) is 8.34. The van der Waals surface area contributed by atoms with E-state index >= 15 is 0 Å². The molecule has 1 aliphatic heterocycles. The maximum atomic E-state index is 13.1. The van der Waals surface area contributed by atoms with Crippen molar-refractivity contribution in [1.29, 1.82) is 0 Å². The highest BCUT2D eigenvalue weighted by Gasteiger charge is 2.26. The molecule has 146 valence electrons. The molecule has 1 amide bonds. The predicted octanol–water partition coefficient (Wildman–Crippen LogP) is 3.20. The number of carbonyl (C=O) groups is 1. The van der Waals surface area contributed by atoms with E-state index in [-0.39, 0.29) is 17.1 Å². The molecule has 27 heavy (non-hydrogen) atoms. The Morgan fingerprint density at radius 1 is 1.11 bits per heavy atom. The third-order valence-corrected chi connectivity index (χ3v) is 5.06. The third kappa shape index (κ3) is 4.75. The molecule has 2 heterocycles. The van der Waals surface area contributed by atoms with Gasteiger partial charge in [0.15, 0.2) is 0 Å². The lowest BCUT2D eigenvalue weighted by molar-refractivity contribution is 0.0750. The minimum atomic E-state index is -0.211. The van der Waals surface area contributed by atoms with E-state index < -0.39 is 0 Å². The maximum Gasteiger partial charge on any atom is 0.272 e. The van der Waals surface area contributed by atoms with Gasteiger partial charge in [0.2, 0.25) is 0 Å². The van der Waals surface area contributed by atoms with Gasteiger partial charge in [-0.1, -0.05) is 32.9 Å². The van der Waals surface area contributed by atoms with Gasteiger partial charge in [-0.05, 0) is 30.2 Å². The lowest BCUT2D eigenvalue weighted by atomic mass is 9.92. The molecule has 0 aliphatic carbocycles. The van der Waals surface area contributed by atoms with Gasteiger partial charge in [0.25, 0.3) is 5.91 Å². The highest BCUT2D eigenvalue weighted by molar-refractivity contribution is 5.92. The molecular formula is C21H29FN4O.